The molecule has 2 heterocycles. The van der Waals surface area contributed by atoms with Crippen LogP contribution < -0.4 is 10.4 Å². The molecule has 1 N–H and O–H groups in total. The second kappa shape index (κ2) is 14.0. The summed E-state index contributed by atoms with van der Waals surface area (Å²) >= 11 is 0. The maximum Gasteiger partial charge on any atom is 0.261 e. The van der Waals surface area contributed by atoms with E-state index in [0.29, 0.717) is 19.6 Å². The lowest BCUT2D eigenvalue weighted by Gasteiger charge is -2.44. The molecule has 0 spiro atoms. The average Bonchev–Trinajstić information content (AvgIpc) is 3.59. The number of likely N-dealkylation sites (tertiary alicyclic amines) is 1. The summed E-state index contributed by atoms with van der Waals surface area (Å²) in [5, 5.41) is 12.3. The van der Waals surface area contributed by atoms with Crippen LogP contribution in [-0.4, -0.2) is 56.5 Å². The van der Waals surface area contributed by atoms with E-state index in [0.717, 1.165) is 36.8 Å². The lowest BCUT2D eigenvalue weighted by molar-refractivity contribution is -0.138. The molecule has 3 aliphatic rings. The number of allylic oxidation sites excluding steroid dienone is 1. The van der Waals surface area contributed by atoms with Crippen LogP contribution in [0.5, 0.6) is 5.75 Å². The topological polar surface area (TPSA) is 76.1 Å². The number of aromatic hydroxyl groups is 1. The number of amides is 2. The van der Waals surface area contributed by atoms with E-state index in [4.69, 9.17) is 9.16 Å². The molecule has 0 saturated carbocycles. The second-order valence-electron chi connectivity index (χ2n) is 14.7. The van der Waals surface area contributed by atoms with Gasteiger partial charge in [0.25, 0.3) is 8.32 Å². The Morgan fingerprint density at radius 1 is 0.938 bits per heavy atom. The molecule has 4 atom stereocenters. The second-order valence-corrected chi connectivity index (χ2v) is 19.0. The minimum Gasteiger partial charge on any atom is -0.508 e. The molecule has 2 aliphatic heterocycles. The molecule has 7 heteroatoms. The summed E-state index contributed by atoms with van der Waals surface area (Å²) in [5.41, 5.74) is 4.60. The molecule has 6 nitrogen and oxygen atoms in total. The van der Waals surface area contributed by atoms with Gasteiger partial charge in [0.15, 0.2) is 0 Å². The highest BCUT2D eigenvalue weighted by molar-refractivity contribution is 6.99. The SMILES string of the molecule is CCC/C(=C\c1cccc(O)c1)CC[C@H]1OC[C@H]2C1=C(CO[Si](c1ccccc1)(c1ccccc1)C(C)(C)C)C[C@H]1C(=O)N(C)C(=O)[C@H]12. The first-order chi connectivity index (χ1) is 23.0. The van der Waals surface area contributed by atoms with Crippen LogP contribution in [0.3, 0.4) is 0 Å². The van der Waals surface area contributed by atoms with Crippen LogP contribution in [-0.2, 0) is 18.8 Å². The third-order valence-corrected chi connectivity index (χ3v) is 15.6. The van der Waals surface area contributed by atoms with Gasteiger partial charge in [0.05, 0.1) is 31.2 Å². The first-order valence-corrected chi connectivity index (χ1v) is 19.3. The molecule has 48 heavy (non-hydrogen) atoms. The van der Waals surface area contributed by atoms with Crippen molar-refractivity contribution >= 4 is 36.6 Å². The number of rotatable bonds is 11. The maximum atomic E-state index is 13.5. The van der Waals surface area contributed by atoms with Gasteiger partial charge in [0.1, 0.15) is 5.75 Å². The Kier molecular flexibility index (Phi) is 9.93. The van der Waals surface area contributed by atoms with Crippen LogP contribution in [0.25, 0.3) is 6.08 Å². The molecule has 0 aromatic heterocycles. The van der Waals surface area contributed by atoms with Gasteiger partial charge in [-0.2, -0.15) is 0 Å². The normalized spacial score (nSPS) is 23.1. The molecule has 2 amide bonds. The summed E-state index contributed by atoms with van der Waals surface area (Å²) in [6, 6.07) is 28.6. The molecule has 3 aromatic rings. The quantitative estimate of drug-likeness (QED) is 0.138. The molecule has 2 fully saturated rings. The average molecular weight is 664 g/mol. The molecule has 2 saturated heterocycles. The minimum absolute atomic E-state index is 0.0841. The van der Waals surface area contributed by atoms with E-state index in [-0.39, 0.29) is 46.5 Å². The predicted molar refractivity (Wildman–Crippen MR) is 193 cm³/mol. The third-order valence-electron chi connectivity index (χ3n) is 10.6. The number of carbonyl (C=O) groups excluding carboxylic acids is 2. The molecular formula is C41H49NO5Si. The monoisotopic (exact) mass is 663 g/mol. The first-order valence-electron chi connectivity index (χ1n) is 17.4. The lowest BCUT2D eigenvalue weighted by Crippen LogP contribution is -2.66. The molecule has 0 radical (unpaired) electrons. The van der Waals surface area contributed by atoms with Crippen molar-refractivity contribution in [3.8, 4) is 5.75 Å². The summed E-state index contributed by atoms with van der Waals surface area (Å²) in [6.07, 6.45) is 6.16. The van der Waals surface area contributed by atoms with Crippen molar-refractivity contribution in [1.29, 1.82) is 0 Å². The Morgan fingerprint density at radius 2 is 1.60 bits per heavy atom. The lowest BCUT2D eigenvalue weighted by atomic mass is 9.69. The molecule has 3 aromatic carbocycles. The number of imide groups is 1. The van der Waals surface area contributed by atoms with Gasteiger partial charge >= 0.3 is 0 Å². The van der Waals surface area contributed by atoms with Crippen LogP contribution in [0, 0.1) is 17.8 Å². The smallest absolute Gasteiger partial charge is 0.261 e. The van der Waals surface area contributed by atoms with E-state index in [1.54, 1.807) is 19.2 Å². The fourth-order valence-electron chi connectivity index (χ4n) is 8.48. The number of phenols is 1. The first kappa shape index (κ1) is 34.1. The number of phenolic OH excluding ortho intramolecular Hbond substituents is 1. The molecule has 0 unspecified atom stereocenters. The summed E-state index contributed by atoms with van der Waals surface area (Å²) in [7, 11) is -1.22. The Morgan fingerprint density at radius 3 is 2.21 bits per heavy atom. The van der Waals surface area contributed by atoms with Crippen LogP contribution in [0.15, 0.2) is 102 Å². The molecule has 1 aliphatic carbocycles. The van der Waals surface area contributed by atoms with Gasteiger partial charge in [-0.25, -0.2) is 0 Å². The predicted octanol–water partition coefficient (Wildman–Crippen LogP) is 6.88. The van der Waals surface area contributed by atoms with Crippen LogP contribution in [0.2, 0.25) is 5.04 Å². The molecular weight excluding hydrogens is 615 g/mol. The van der Waals surface area contributed by atoms with Crippen molar-refractivity contribution < 1.29 is 23.9 Å². The molecule has 0 bridgehead atoms. The number of carbonyl (C=O) groups is 2. The number of benzene rings is 3. The van der Waals surface area contributed by atoms with Gasteiger partial charge in [-0.15, -0.1) is 0 Å². The van der Waals surface area contributed by atoms with Crippen molar-refractivity contribution in [2.45, 2.75) is 70.9 Å². The fourth-order valence-corrected chi connectivity index (χ4v) is 13.0. The van der Waals surface area contributed by atoms with E-state index in [2.05, 4.69) is 82.3 Å². The van der Waals surface area contributed by atoms with Crippen LogP contribution >= 0.6 is 0 Å². The molecule has 6 rings (SSSR count). The summed E-state index contributed by atoms with van der Waals surface area (Å²) in [6.45, 7) is 9.85. The van der Waals surface area contributed by atoms with E-state index in [1.807, 2.05) is 24.3 Å². The highest BCUT2D eigenvalue weighted by atomic mass is 28.4. The van der Waals surface area contributed by atoms with Crippen molar-refractivity contribution in [3.63, 3.8) is 0 Å². The zero-order valence-corrected chi connectivity index (χ0v) is 29.9. The highest BCUT2D eigenvalue weighted by Gasteiger charge is 2.57. The highest BCUT2D eigenvalue weighted by Crippen LogP contribution is 2.50. The van der Waals surface area contributed by atoms with Crippen molar-refractivity contribution in [3.05, 3.63) is 107 Å². The van der Waals surface area contributed by atoms with Gasteiger partial charge in [0, 0.05) is 13.0 Å². The Balaban J connectivity index is 1.38. The van der Waals surface area contributed by atoms with E-state index in [9.17, 15) is 14.7 Å². The van der Waals surface area contributed by atoms with Gasteiger partial charge < -0.3 is 14.3 Å². The fraction of sp³-hybridized carbons (Fsp3) is 0.415. The van der Waals surface area contributed by atoms with Crippen molar-refractivity contribution in [1.82, 2.24) is 4.90 Å². The number of hydrogen-bond acceptors (Lipinski definition) is 5. The zero-order chi connectivity index (χ0) is 34.1. The number of fused-ring (bicyclic) bond motifs is 3. The Hall–Kier alpha value is -3.78. The largest absolute Gasteiger partial charge is 0.508 e. The van der Waals surface area contributed by atoms with Gasteiger partial charge in [-0.1, -0.05) is 119 Å². The number of hydrogen-bond donors (Lipinski definition) is 1. The van der Waals surface area contributed by atoms with E-state index >= 15 is 0 Å². The number of nitrogens with zero attached hydrogens (tertiary/aromatic N) is 1. The summed E-state index contributed by atoms with van der Waals surface area (Å²) < 4.78 is 14.0. The maximum absolute atomic E-state index is 13.5. The van der Waals surface area contributed by atoms with Gasteiger partial charge in [-0.3, -0.25) is 14.5 Å². The zero-order valence-electron chi connectivity index (χ0n) is 28.9. The van der Waals surface area contributed by atoms with Crippen molar-refractivity contribution in [2.24, 2.45) is 17.8 Å². The van der Waals surface area contributed by atoms with Crippen molar-refractivity contribution in [2.75, 3.05) is 20.3 Å². The number of ether oxygens (including phenoxy) is 1. The minimum atomic E-state index is -2.84. The van der Waals surface area contributed by atoms with Gasteiger partial charge in [-0.05, 0) is 69.9 Å². The summed E-state index contributed by atoms with van der Waals surface area (Å²) in [5.74, 6) is -0.795. The molecule has 252 valence electrons. The van der Waals surface area contributed by atoms with Crippen LogP contribution in [0.1, 0.15) is 65.4 Å². The Labute approximate surface area is 286 Å². The third kappa shape index (κ3) is 6.36. The Bertz CT molecular complexity index is 1650. The van der Waals surface area contributed by atoms with Gasteiger partial charge in [0.2, 0.25) is 11.8 Å². The van der Waals surface area contributed by atoms with Crippen LogP contribution in [0.4, 0.5) is 0 Å². The van der Waals surface area contributed by atoms with E-state index in [1.165, 1.54) is 26.4 Å². The standard InChI is InChI=1S/C41H49NO5Si/c1-6-14-28(23-29-15-13-16-31(43)24-29)21-22-36-37-30(25-34-38(35(37)27-46-36)40(45)42(5)39(34)44)26-47-48(41(2,3)4,32-17-9-7-10-18-32)33-19-11-8-12-20-33/h7-13,15-20,23-24,34-36,38,43H,6,14,21-22,25-27H2,1-5H3/b28-23+/t34-,35+,36-,38-/m1/s1. The van der Waals surface area contributed by atoms with E-state index < -0.39 is 8.32 Å². The summed E-state index contributed by atoms with van der Waals surface area (Å²) in [4.78, 5) is 28.3.